The number of amides is 1. The molecule has 1 N–H and O–H groups in total. The summed E-state index contributed by atoms with van der Waals surface area (Å²) in [6, 6.07) is 1.77. The van der Waals surface area contributed by atoms with Crippen LogP contribution in [-0.4, -0.2) is 54.9 Å². The first kappa shape index (κ1) is 15.7. The Morgan fingerprint density at radius 3 is 2.43 bits per heavy atom. The van der Waals surface area contributed by atoms with Gasteiger partial charge in [-0.2, -0.15) is 0 Å². The Bertz CT molecular complexity index is 583. The van der Waals surface area contributed by atoms with Gasteiger partial charge >= 0.3 is 0 Å². The molecule has 1 unspecified atom stereocenters. The van der Waals surface area contributed by atoms with E-state index in [1.165, 1.54) is 6.92 Å². The van der Waals surface area contributed by atoms with Crippen molar-refractivity contribution in [2.24, 2.45) is 0 Å². The summed E-state index contributed by atoms with van der Waals surface area (Å²) in [5.41, 5.74) is 0. The molecule has 116 valence electrons. The third kappa shape index (κ3) is 4.13. The third-order valence-electron chi connectivity index (χ3n) is 3.69. The third-order valence-corrected chi connectivity index (χ3v) is 5.19. The highest BCUT2D eigenvalue weighted by Gasteiger charge is 2.27. The number of sulfone groups is 1. The van der Waals surface area contributed by atoms with Gasteiger partial charge in [0.15, 0.2) is 9.84 Å². The number of piperidine rings is 1. The second-order valence-electron chi connectivity index (χ2n) is 5.29. The van der Waals surface area contributed by atoms with Crippen LogP contribution in [0.1, 0.15) is 19.8 Å². The minimum Gasteiger partial charge on any atom is -0.352 e. The van der Waals surface area contributed by atoms with Gasteiger partial charge in [-0.15, -0.1) is 0 Å². The minimum absolute atomic E-state index is 0.00154. The van der Waals surface area contributed by atoms with Gasteiger partial charge in [-0.25, -0.2) is 18.4 Å². The van der Waals surface area contributed by atoms with E-state index in [0.29, 0.717) is 5.95 Å². The Kier molecular flexibility index (Phi) is 4.76. The molecule has 0 aliphatic carbocycles. The molecule has 0 spiro atoms. The molecule has 1 amide bonds. The van der Waals surface area contributed by atoms with Crippen molar-refractivity contribution in [1.82, 2.24) is 15.3 Å². The van der Waals surface area contributed by atoms with E-state index in [2.05, 4.69) is 20.2 Å². The van der Waals surface area contributed by atoms with Gasteiger partial charge in [0, 0.05) is 37.8 Å². The minimum atomic E-state index is -3.35. The van der Waals surface area contributed by atoms with Crippen LogP contribution in [-0.2, 0) is 14.6 Å². The second-order valence-corrected chi connectivity index (χ2v) is 7.66. The lowest BCUT2D eigenvalue weighted by Crippen LogP contribution is -2.48. The van der Waals surface area contributed by atoms with Gasteiger partial charge in [0.1, 0.15) is 5.25 Å². The number of nitrogens with one attached hydrogen (secondary N) is 1. The van der Waals surface area contributed by atoms with E-state index < -0.39 is 21.0 Å². The van der Waals surface area contributed by atoms with E-state index in [1.807, 2.05) is 0 Å². The van der Waals surface area contributed by atoms with Gasteiger partial charge in [-0.1, -0.05) is 0 Å². The number of hydrogen-bond donors (Lipinski definition) is 1. The number of rotatable bonds is 4. The maximum absolute atomic E-state index is 11.9. The van der Waals surface area contributed by atoms with Crippen LogP contribution < -0.4 is 10.2 Å². The van der Waals surface area contributed by atoms with Crippen LogP contribution in [0.3, 0.4) is 0 Å². The molecule has 7 nitrogen and oxygen atoms in total. The zero-order chi connectivity index (χ0) is 15.5. The van der Waals surface area contributed by atoms with Gasteiger partial charge in [-0.05, 0) is 25.8 Å². The van der Waals surface area contributed by atoms with E-state index in [4.69, 9.17) is 0 Å². The van der Waals surface area contributed by atoms with E-state index in [0.717, 1.165) is 32.2 Å². The quantitative estimate of drug-likeness (QED) is 0.841. The second kappa shape index (κ2) is 6.38. The zero-order valence-electron chi connectivity index (χ0n) is 12.2. The molecule has 1 fully saturated rings. The fourth-order valence-electron chi connectivity index (χ4n) is 2.19. The SMILES string of the molecule is CC(C(=O)NC1CCN(c2ncccn2)CC1)S(C)(=O)=O. The fraction of sp³-hybridized carbons (Fsp3) is 0.615. The highest BCUT2D eigenvalue weighted by Crippen LogP contribution is 2.15. The standard InChI is InChI=1S/C13H20N4O3S/c1-10(21(2,19)20)12(18)16-11-4-8-17(9-5-11)13-14-6-3-7-15-13/h3,6-7,10-11H,4-5,8-9H2,1-2H3,(H,16,18). The zero-order valence-corrected chi connectivity index (χ0v) is 13.0. The first-order valence-electron chi connectivity index (χ1n) is 6.89. The van der Waals surface area contributed by atoms with Gasteiger partial charge < -0.3 is 10.2 Å². The lowest BCUT2D eigenvalue weighted by molar-refractivity contribution is -0.121. The van der Waals surface area contributed by atoms with E-state index in [1.54, 1.807) is 18.5 Å². The average molecular weight is 312 g/mol. The Balaban J connectivity index is 1.86. The van der Waals surface area contributed by atoms with Crippen molar-refractivity contribution in [1.29, 1.82) is 0 Å². The highest BCUT2D eigenvalue weighted by molar-refractivity contribution is 7.92. The van der Waals surface area contributed by atoms with Crippen molar-refractivity contribution in [3.8, 4) is 0 Å². The van der Waals surface area contributed by atoms with E-state index in [-0.39, 0.29) is 6.04 Å². The first-order chi connectivity index (χ1) is 9.88. The number of nitrogens with zero attached hydrogens (tertiary/aromatic N) is 3. The molecule has 0 radical (unpaired) electrons. The predicted octanol–water partition coefficient (Wildman–Crippen LogP) is -0.00530. The normalized spacial score (nSPS) is 18.3. The number of hydrogen-bond acceptors (Lipinski definition) is 6. The molecule has 1 aliphatic rings. The van der Waals surface area contributed by atoms with Crippen molar-refractivity contribution in [3.63, 3.8) is 0 Å². The van der Waals surface area contributed by atoms with Crippen LogP contribution in [0.4, 0.5) is 5.95 Å². The Morgan fingerprint density at radius 2 is 1.90 bits per heavy atom. The maximum Gasteiger partial charge on any atom is 0.238 e. The molecule has 8 heteroatoms. The summed E-state index contributed by atoms with van der Waals surface area (Å²) in [5, 5.41) is 1.81. The first-order valence-corrected chi connectivity index (χ1v) is 8.84. The molecule has 1 aromatic rings. The van der Waals surface area contributed by atoms with Crippen molar-refractivity contribution in [3.05, 3.63) is 18.5 Å². The molecule has 2 rings (SSSR count). The summed E-state index contributed by atoms with van der Waals surface area (Å²) in [6.07, 6.45) is 5.97. The number of carbonyl (C=O) groups is 1. The van der Waals surface area contributed by atoms with Crippen LogP contribution in [0.25, 0.3) is 0 Å². The molecule has 1 aromatic heterocycles. The van der Waals surface area contributed by atoms with Crippen LogP contribution in [0.2, 0.25) is 0 Å². The van der Waals surface area contributed by atoms with Gasteiger partial charge in [0.05, 0.1) is 0 Å². The monoisotopic (exact) mass is 312 g/mol. The van der Waals surface area contributed by atoms with Crippen molar-refractivity contribution in [2.45, 2.75) is 31.1 Å². The largest absolute Gasteiger partial charge is 0.352 e. The summed E-state index contributed by atoms with van der Waals surface area (Å²) < 4.78 is 22.7. The summed E-state index contributed by atoms with van der Waals surface area (Å²) in [7, 11) is -3.35. The van der Waals surface area contributed by atoms with Gasteiger partial charge in [0.2, 0.25) is 11.9 Å². The van der Waals surface area contributed by atoms with Crippen LogP contribution in [0.15, 0.2) is 18.5 Å². The Labute approximate surface area is 124 Å². The summed E-state index contributed by atoms with van der Waals surface area (Å²) in [6.45, 7) is 2.89. The van der Waals surface area contributed by atoms with Crippen molar-refractivity contribution < 1.29 is 13.2 Å². The van der Waals surface area contributed by atoms with Crippen LogP contribution in [0.5, 0.6) is 0 Å². The molecular weight excluding hydrogens is 292 g/mol. The van der Waals surface area contributed by atoms with E-state index in [9.17, 15) is 13.2 Å². The molecule has 0 saturated carbocycles. The van der Waals surface area contributed by atoms with Gasteiger partial charge in [0.25, 0.3) is 0 Å². The molecule has 21 heavy (non-hydrogen) atoms. The molecule has 1 atom stereocenters. The number of aromatic nitrogens is 2. The summed E-state index contributed by atoms with van der Waals surface area (Å²) >= 11 is 0. The fourth-order valence-corrected chi connectivity index (χ4v) is 2.65. The maximum atomic E-state index is 11.9. The lowest BCUT2D eigenvalue weighted by Gasteiger charge is -2.32. The number of carbonyl (C=O) groups excluding carboxylic acids is 1. The molecule has 0 aromatic carbocycles. The molecule has 1 saturated heterocycles. The van der Waals surface area contributed by atoms with Crippen LogP contribution >= 0.6 is 0 Å². The average Bonchev–Trinajstić information content (AvgIpc) is 2.47. The van der Waals surface area contributed by atoms with Crippen molar-refractivity contribution in [2.75, 3.05) is 24.2 Å². The van der Waals surface area contributed by atoms with Crippen molar-refractivity contribution >= 4 is 21.7 Å². The predicted molar refractivity (Wildman–Crippen MR) is 79.7 cm³/mol. The summed E-state index contributed by atoms with van der Waals surface area (Å²) in [4.78, 5) is 22.3. The van der Waals surface area contributed by atoms with E-state index >= 15 is 0 Å². The highest BCUT2D eigenvalue weighted by atomic mass is 32.2. The molecule has 1 aliphatic heterocycles. The molecule has 0 bridgehead atoms. The topological polar surface area (TPSA) is 92.3 Å². The molecule has 2 heterocycles. The Hall–Kier alpha value is -1.70. The smallest absolute Gasteiger partial charge is 0.238 e. The van der Waals surface area contributed by atoms with Crippen LogP contribution in [0, 0.1) is 0 Å². The lowest BCUT2D eigenvalue weighted by atomic mass is 10.1. The summed E-state index contributed by atoms with van der Waals surface area (Å²) in [5.74, 6) is 0.263. The number of anilines is 1. The Morgan fingerprint density at radius 1 is 1.33 bits per heavy atom. The van der Waals surface area contributed by atoms with Gasteiger partial charge in [-0.3, -0.25) is 4.79 Å². The molecular formula is C13H20N4O3S.